The van der Waals surface area contributed by atoms with Gasteiger partial charge in [-0.3, -0.25) is 4.90 Å². The molecule has 0 aliphatic carbocycles. The highest BCUT2D eigenvalue weighted by molar-refractivity contribution is 5.55. The lowest BCUT2D eigenvalue weighted by Crippen LogP contribution is -2.37. The summed E-state index contributed by atoms with van der Waals surface area (Å²) in [6, 6.07) is 8.88. The number of para-hydroxylation sites is 1. The van der Waals surface area contributed by atoms with Crippen LogP contribution in [0, 0.1) is 0 Å². The lowest BCUT2D eigenvalue weighted by atomic mass is 10.1. The van der Waals surface area contributed by atoms with Gasteiger partial charge in [-0.2, -0.15) is 0 Å². The molecule has 1 fully saturated rings. The van der Waals surface area contributed by atoms with Crippen molar-refractivity contribution in [1.29, 1.82) is 0 Å². The maximum absolute atomic E-state index is 9.90. The second-order valence-electron chi connectivity index (χ2n) is 5.34. The van der Waals surface area contributed by atoms with E-state index in [1.807, 2.05) is 19.1 Å². The minimum absolute atomic E-state index is 0.399. The second kappa shape index (κ2) is 6.40. The minimum Gasteiger partial charge on any atom is -0.389 e. The molecule has 1 unspecified atom stereocenters. The molecule has 2 rings (SSSR count). The molecule has 1 N–H and O–H groups in total. The number of nitrogens with zero attached hydrogens (tertiary/aromatic N) is 2. The first-order valence-corrected chi connectivity index (χ1v) is 7.43. The van der Waals surface area contributed by atoms with E-state index in [9.17, 15) is 5.11 Å². The number of hydrogen-bond donors (Lipinski definition) is 1. The maximum atomic E-state index is 9.90. The van der Waals surface area contributed by atoms with Crippen LogP contribution >= 0.6 is 0 Å². The average Bonchev–Trinajstić information content (AvgIpc) is 2.89. The zero-order valence-electron chi connectivity index (χ0n) is 12.3. The van der Waals surface area contributed by atoms with Crippen LogP contribution in [0.4, 0.5) is 5.69 Å². The van der Waals surface area contributed by atoms with Crippen molar-refractivity contribution in [3.05, 3.63) is 29.8 Å². The summed E-state index contributed by atoms with van der Waals surface area (Å²) in [6.45, 7) is 10.7. The molecule has 1 aromatic carbocycles. The van der Waals surface area contributed by atoms with E-state index in [2.05, 4.69) is 35.8 Å². The van der Waals surface area contributed by atoms with Crippen LogP contribution in [0.5, 0.6) is 0 Å². The molecule has 0 saturated carbocycles. The summed E-state index contributed by atoms with van der Waals surface area (Å²) < 4.78 is 0. The SMILES string of the molecule is CCN(CC)C1CCN(c2ccccc2[C@H](C)O)C1. The Bertz CT molecular complexity index is 401. The van der Waals surface area contributed by atoms with Gasteiger partial charge in [0.2, 0.25) is 0 Å². The van der Waals surface area contributed by atoms with Crippen molar-refractivity contribution in [3.63, 3.8) is 0 Å². The van der Waals surface area contributed by atoms with Gasteiger partial charge in [0.05, 0.1) is 6.10 Å². The van der Waals surface area contributed by atoms with Gasteiger partial charge in [-0.15, -0.1) is 0 Å². The van der Waals surface area contributed by atoms with Gasteiger partial charge in [-0.05, 0) is 32.5 Å². The van der Waals surface area contributed by atoms with Gasteiger partial charge in [0, 0.05) is 30.4 Å². The van der Waals surface area contributed by atoms with Gasteiger partial charge in [-0.1, -0.05) is 32.0 Å². The molecule has 0 spiro atoms. The van der Waals surface area contributed by atoms with E-state index < -0.39 is 6.10 Å². The molecule has 3 nitrogen and oxygen atoms in total. The van der Waals surface area contributed by atoms with E-state index in [0.717, 1.165) is 31.7 Å². The monoisotopic (exact) mass is 262 g/mol. The normalized spacial score (nSPS) is 21.1. The number of anilines is 1. The molecule has 1 heterocycles. The van der Waals surface area contributed by atoms with Crippen LogP contribution in [0.1, 0.15) is 38.9 Å². The third-order valence-electron chi connectivity index (χ3n) is 4.22. The van der Waals surface area contributed by atoms with E-state index in [1.165, 1.54) is 12.1 Å². The fourth-order valence-electron chi connectivity index (χ4n) is 3.13. The predicted octanol–water partition coefficient (Wildman–Crippen LogP) is 2.66. The Morgan fingerprint density at radius 2 is 2.00 bits per heavy atom. The molecule has 3 heteroatoms. The van der Waals surface area contributed by atoms with Crippen LogP contribution < -0.4 is 4.90 Å². The van der Waals surface area contributed by atoms with E-state index >= 15 is 0 Å². The third-order valence-corrected chi connectivity index (χ3v) is 4.22. The highest BCUT2D eigenvalue weighted by Crippen LogP contribution is 2.29. The van der Waals surface area contributed by atoms with Gasteiger partial charge < -0.3 is 10.0 Å². The third kappa shape index (κ3) is 3.10. The summed E-state index contributed by atoms with van der Waals surface area (Å²) in [4.78, 5) is 4.95. The Balaban J connectivity index is 2.13. The van der Waals surface area contributed by atoms with Crippen molar-refractivity contribution in [2.24, 2.45) is 0 Å². The lowest BCUT2D eigenvalue weighted by Gasteiger charge is -2.27. The first-order valence-electron chi connectivity index (χ1n) is 7.43. The summed E-state index contributed by atoms with van der Waals surface area (Å²) in [5.41, 5.74) is 2.25. The Morgan fingerprint density at radius 1 is 1.32 bits per heavy atom. The number of benzene rings is 1. The van der Waals surface area contributed by atoms with Crippen molar-refractivity contribution in [2.75, 3.05) is 31.1 Å². The van der Waals surface area contributed by atoms with E-state index in [0.29, 0.717) is 6.04 Å². The largest absolute Gasteiger partial charge is 0.389 e. The van der Waals surface area contributed by atoms with Crippen molar-refractivity contribution >= 4 is 5.69 Å². The van der Waals surface area contributed by atoms with Crippen LogP contribution in [-0.4, -0.2) is 42.2 Å². The highest BCUT2D eigenvalue weighted by atomic mass is 16.3. The smallest absolute Gasteiger partial charge is 0.0781 e. The summed E-state index contributed by atoms with van der Waals surface area (Å²) in [6.07, 6.45) is 0.819. The molecule has 0 aromatic heterocycles. The van der Waals surface area contributed by atoms with Gasteiger partial charge >= 0.3 is 0 Å². The summed E-state index contributed by atoms with van der Waals surface area (Å²) >= 11 is 0. The number of rotatable bonds is 5. The van der Waals surface area contributed by atoms with Gasteiger partial charge in [-0.25, -0.2) is 0 Å². The van der Waals surface area contributed by atoms with Crippen LogP contribution in [0.2, 0.25) is 0 Å². The maximum Gasteiger partial charge on any atom is 0.0781 e. The van der Waals surface area contributed by atoms with Crippen LogP contribution in [-0.2, 0) is 0 Å². The summed E-state index contributed by atoms with van der Waals surface area (Å²) in [7, 11) is 0. The van der Waals surface area contributed by atoms with Gasteiger partial charge in [0.25, 0.3) is 0 Å². The molecular formula is C16H26N2O. The van der Waals surface area contributed by atoms with Gasteiger partial charge in [0.15, 0.2) is 0 Å². The topological polar surface area (TPSA) is 26.7 Å². The van der Waals surface area contributed by atoms with Gasteiger partial charge in [0.1, 0.15) is 0 Å². The summed E-state index contributed by atoms with van der Waals surface area (Å²) in [5.74, 6) is 0. The highest BCUT2D eigenvalue weighted by Gasteiger charge is 2.27. The zero-order chi connectivity index (χ0) is 13.8. The first-order chi connectivity index (χ1) is 9.17. The Morgan fingerprint density at radius 3 is 2.63 bits per heavy atom. The van der Waals surface area contributed by atoms with Crippen molar-refractivity contribution in [2.45, 2.75) is 39.3 Å². The zero-order valence-corrected chi connectivity index (χ0v) is 12.3. The molecule has 2 atom stereocenters. The standard InChI is InChI=1S/C16H26N2O/c1-4-17(5-2)14-10-11-18(12-14)16-9-7-6-8-15(16)13(3)19/h6-9,13-14,19H,4-5,10-12H2,1-3H3/t13-,14?/m0/s1. The number of aliphatic hydroxyl groups excluding tert-OH is 1. The fourth-order valence-corrected chi connectivity index (χ4v) is 3.13. The van der Waals surface area contributed by atoms with Crippen LogP contribution in [0.25, 0.3) is 0 Å². The average molecular weight is 262 g/mol. The summed E-state index contributed by atoms with van der Waals surface area (Å²) in [5, 5.41) is 9.90. The molecular weight excluding hydrogens is 236 g/mol. The fraction of sp³-hybridized carbons (Fsp3) is 0.625. The van der Waals surface area contributed by atoms with E-state index in [1.54, 1.807) is 0 Å². The van der Waals surface area contributed by atoms with Crippen molar-refractivity contribution < 1.29 is 5.11 Å². The Hall–Kier alpha value is -1.06. The molecule has 0 radical (unpaired) electrons. The van der Waals surface area contributed by atoms with Crippen molar-refractivity contribution in [1.82, 2.24) is 4.90 Å². The van der Waals surface area contributed by atoms with E-state index in [-0.39, 0.29) is 0 Å². The van der Waals surface area contributed by atoms with E-state index in [4.69, 9.17) is 0 Å². The first kappa shape index (κ1) is 14.4. The molecule has 1 aromatic rings. The Labute approximate surface area is 116 Å². The quantitative estimate of drug-likeness (QED) is 0.884. The molecule has 1 aliphatic rings. The second-order valence-corrected chi connectivity index (χ2v) is 5.34. The minimum atomic E-state index is -0.399. The van der Waals surface area contributed by atoms with Crippen molar-refractivity contribution in [3.8, 4) is 0 Å². The number of aliphatic hydroxyl groups is 1. The number of likely N-dealkylation sites (N-methyl/N-ethyl adjacent to an activating group) is 1. The molecule has 0 amide bonds. The molecule has 1 saturated heterocycles. The van der Waals surface area contributed by atoms with Crippen LogP contribution in [0.15, 0.2) is 24.3 Å². The molecule has 106 valence electrons. The number of hydrogen-bond acceptors (Lipinski definition) is 3. The Kier molecular flexibility index (Phi) is 4.83. The van der Waals surface area contributed by atoms with Crippen LogP contribution in [0.3, 0.4) is 0 Å². The molecule has 1 aliphatic heterocycles. The molecule has 19 heavy (non-hydrogen) atoms. The lowest BCUT2D eigenvalue weighted by molar-refractivity contribution is 0.199. The molecule has 0 bridgehead atoms. The predicted molar refractivity (Wildman–Crippen MR) is 80.6 cm³/mol.